The molecule has 24 heavy (non-hydrogen) atoms. The normalized spacial score (nSPS) is 10.7. The largest absolute Gasteiger partial charge is 0.382 e. The van der Waals surface area contributed by atoms with Gasteiger partial charge in [-0.1, -0.05) is 12.1 Å². The average molecular weight is 448 g/mol. The molecule has 0 unspecified atom stereocenters. The fourth-order valence-corrected chi connectivity index (χ4v) is 1.99. The summed E-state index contributed by atoms with van der Waals surface area (Å²) in [5, 5.41) is 9.12. The molecular formula is C17H29IN4O2. The number of hydrogen-bond acceptors (Lipinski definition) is 3. The van der Waals surface area contributed by atoms with Gasteiger partial charge in [-0.25, -0.2) is 4.99 Å². The minimum absolute atomic E-state index is 0. The highest BCUT2D eigenvalue weighted by molar-refractivity contribution is 14.0. The molecule has 136 valence electrons. The number of ether oxygens (including phenoxy) is 1. The Kier molecular flexibility index (Phi) is 13.2. The van der Waals surface area contributed by atoms with Crippen LogP contribution in [0.25, 0.3) is 0 Å². The first-order valence-corrected chi connectivity index (χ1v) is 8.12. The lowest BCUT2D eigenvalue weighted by atomic mass is 10.1. The highest BCUT2D eigenvalue weighted by Gasteiger charge is 2.03. The van der Waals surface area contributed by atoms with Crippen LogP contribution in [-0.2, 0) is 11.3 Å². The van der Waals surface area contributed by atoms with Crippen molar-refractivity contribution in [2.24, 2.45) is 4.99 Å². The summed E-state index contributed by atoms with van der Waals surface area (Å²) in [7, 11) is 1.63. The maximum Gasteiger partial charge on any atom is 0.251 e. The number of nitrogens with zero attached hydrogens (tertiary/aromatic N) is 1. The Hall–Kier alpha value is -1.35. The van der Waals surface area contributed by atoms with Crippen LogP contribution in [0.2, 0.25) is 0 Å². The lowest BCUT2D eigenvalue weighted by molar-refractivity contribution is 0.0963. The Labute approximate surface area is 161 Å². The van der Waals surface area contributed by atoms with Crippen molar-refractivity contribution in [2.45, 2.75) is 26.8 Å². The average Bonchev–Trinajstić information content (AvgIpc) is 2.59. The zero-order chi connectivity index (χ0) is 16.9. The summed E-state index contributed by atoms with van der Waals surface area (Å²) < 4.78 is 5.31. The number of amides is 1. The molecule has 0 fully saturated rings. The van der Waals surface area contributed by atoms with Crippen LogP contribution in [0.3, 0.4) is 0 Å². The SMILES string of the molecule is CCNC(=NCc1cccc(C(=O)NC)c1)NCCCOCC.I. The molecule has 0 atom stereocenters. The maximum atomic E-state index is 11.7. The van der Waals surface area contributed by atoms with Gasteiger partial charge in [0, 0.05) is 38.9 Å². The van der Waals surface area contributed by atoms with E-state index in [0.29, 0.717) is 12.1 Å². The lowest BCUT2D eigenvalue weighted by Gasteiger charge is -2.11. The topological polar surface area (TPSA) is 74.8 Å². The van der Waals surface area contributed by atoms with Crippen molar-refractivity contribution in [3.8, 4) is 0 Å². The number of halogens is 1. The van der Waals surface area contributed by atoms with Gasteiger partial charge < -0.3 is 20.7 Å². The van der Waals surface area contributed by atoms with Crippen LogP contribution in [0.4, 0.5) is 0 Å². The predicted octanol–water partition coefficient (Wildman–Crippen LogP) is 2.15. The molecule has 0 bridgehead atoms. The van der Waals surface area contributed by atoms with Crippen molar-refractivity contribution in [1.29, 1.82) is 0 Å². The van der Waals surface area contributed by atoms with Crippen molar-refractivity contribution in [1.82, 2.24) is 16.0 Å². The summed E-state index contributed by atoms with van der Waals surface area (Å²) >= 11 is 0. The Balaban J connectivity index is 0.00000529. The summed E-state index contributed by atoms with van der Waals surface area (Å²) in [6, 6.07) is 7.50. The van der Waals surface area contributed by atoms with Crippen LogP contribution in [0.1, 0.15) is 36.2 Å². The number of hydrogen-bond donors (Lipinski definition) is 3. The lowest BCUT2D eigenvalue weighted by Crippen LogP contribution is -2.38. The van der Waals surface area contributed by atoms with Crippen LogP contribution < -0.4 is 16.0 Å². The van der Waals surface area contributed by atoms with E-state index in [2.05, 4.69) is 20.9 Å². The van der Waals surface area contributed by atoms with E-state index in [0.717, 1.165) is 44.2 Å². The van der Waals surface area contributed by atoms with Crippen LogP contribution >= 0.6 is 24.0 Å². The van der Waals surface area contributed by atoms with E-state index in [1.54, 1.807) is 13.1 Å². The molecule has 0 spiro atoms. The van der Waals surface area contributed by atoms with Gasteiger partial charge in [-0.2, -0.15) is 0 Å². The Bertz CT molecular complexity index is 509. The second-order valence-corrected chi connectivity index (χ2v) is 4.95. The number of carbonyl (C=O) groups is 1. The molecule has 0 aromatic heterocycles. The van der Waals surface area contributed by atoms with E-state index in [4.69, 9.17) is 4.74 Å². The third-order valence-electron chi connectivity index (χ3n) is 3.14. The van der Waals surface area contributed by atoms with E-state index in [9.17, 15) is 4.79 Å². The van der Waals surface area contributed by atoms with Crippen LogP contribution in [0.5, 0.6) is 0 Å². The second-order valence-electron chi connectivity index (χ2n) is 4.95. The highest BCUT2D eigenvalue weighted by Crippen LogP contribution is 2.06. The molecule has 7 heteroatoms. The fourth-order valence-electron chi connectivity index (χ4n) is 1.99. The van der Waals surface area contributed by atoms with Gasteiger partial charge in [0.25, 0.3) is 5.91 Å². The molecule has 0 aliphatic heterocycles. The standard InChI is InChI=1S/C17H28N4O2.HI/c1-4-19-17(20-10-7-11-23-5-2)21-13-14-8-6-9-15(12-14)16(22)18-3;/h6,8-9,12H,4-5,7,10-11,13H2,1-3H3,(H,18,22)(H2,19,20,21);1H. The molecule has 6 nitrogen and oxygen atoms in total. The van der Waals surface area contributed by atoms with Gasteiger partial charge in [-0.05, 0) is 38.0 Å². The van der Waals surface area contributed by atoms with E-state index in [-0.39, 0.29) is 29.9 Å². The molecule has 1 amide bonds. The number of benzene rings is 1. The van der Waals surface area contributed by atoms with E-state index >= 15 is 0 Å². The van der Waals surface area contributed by atoms with Crippen molar-refractivity contribution in [3.05, 3.63) is 35.4 Å². The summed E-state index contributed by atoms with van der Waals surface area (Å²) in [5.74, 6) is 0.686. The number of nitrogens with one attached hydrogen (secondary N) is 3. The smallest absolute Gasteiger partial charge is 0.251 e. The highest BCUT2D eigenvalue weighted by atomic mass is 127. The molecular weight excluding hydrogens is 419 g/mol. The van der Waals surface area contributed by atoms with Gasteiger partial charge in [-0.3, -0.25) is 4.79 Å². The van der Waals surface area contributed by atoms with Gasteiger partial charge in [0.05, 0.1) is 6.54 Å². The summed E-state index contributed by atoms with van der Waals surface area (Å²) in [5.41, 5.74) is 1.65. The first-order valence-electron chi connectivity index (χ1n) is 8.12. The zero-order valence-corrected chi connectivity index (χ0v) is 17.1. The first-order chi connectivity index (χ1) is 11.2. The number of aliphatic imine (C=N–C) groups is 1. The Morgan fingerprint density at radius 3 is 2.71 bits per heavy atom. The quantitative estimate of drug-likeness (QED) is 0.234. The molecule has 0 saturated carbocycles. The van der Waals surface area contributed by atoms with E-state index < -0.39 is 0 Å². The zero-order valence-electron chi connectivity index (χ0n) is 14.7. The van der Waals surface area contributed by atoms with Crippen molar-refractivity contribution in [2.75, 3.05) is 33.4 Å². The molecule has 1 aromatic rings. The first kappa shape index (κ1) is 22.6. The fraction of sp³-hybridized carbons (Fsp3) is 0.529. The Morgan fingerprint density at radius 1 is 1.25 bits per heavy atom. The van der Waals surface area contributed by atoms with Gasteiger partial charge in [0.15, 0.2) is 5.96 Å². The van der Waals surface area contributed by atoms with Gasteiger partial charge >= 0.3 is 0 Å². The third kappa shape index (κ3) is 9.07. The van der Waals surface area contributed by atoms with Gasteiger partial charge in [-0.15, -0.1) is 24.0 Å². The molecule has 1 rings (SSSR count). The second kappa shape index (κ2) is 14.0. The molecule has 0 heterocycles. The molecule has 0 saturated heterocycles. The molecule has 0 aliphatic carbocycles. The van der Waals surface area contributed by atoms with E-state index in [1.807, 2.05) is 32.0 Å². The number of carbonyl (C=O) groups excluding carboxylic acids is 1. The van der Waals surface area contributed by atoms with Crippen molar-refractivity contribution in [3.63, 3.8) is 0 Å². The maximum absolute atomic E-state index is 11.7. The summed E-state index contributed by atoms with van der Waals surface area (Å²) in [6.07, 6.45) is 0.935. The number of rotatable bonds is 9. The molecule has 3 N–H and O–H groups in total. The predicted molar refractivity (Wildman–Crippen MR) is 109 cm³/mol. The molecule has 1 aromatic carbocycles. The van der Waals surface area contributed by atoms with Gasteiger partial charge in [0.2, 0.25) is 0 Å². The van der Waals surface area contributed by atoms with Crippen LogP contribution in [0, 0.1) is 0 Å². The minimum atomic E-state index is -0.0863. The monoisotopic (exact) mass is 448 g/mol. The minimum Gasteiger partial charge on any atom is -0.382 e. The third-order valence-corrected chi connectivity index (χ3v) is 3.14. The summed E-state index contributed by atoms with van der Waals surface area (Å²) in [6.45, 7) is 7.65. The Morgan fingerprint density at radius 2 is 2.04 bits per heavy atom. The molecule has 0 aliphatic rings. The van der Waals surface area contributed by atoms with Crippen molar-refractivity contribution >= 4 is 35.8 Å². The van der Waals surface area contributed by atoms with E-state index in [1.165, 1.54) is 0 Å². The summed E-state index contributed by atoms with van der Waals surface area (Å²) in [4.78, 5) is 16.2. The van der Waals surface area contributed by atoms with Crippen LogP contribution in [0.15, 0.2) is 29.3 Å². The van der Waals surface area contributed by atoms with Crippen LogP contribution in [-0.4, -0.2) is 45.2 Å². The molecule has 0 radical (unpaired) electrons. The van der Waals surface area contributed by atoms with Gasteiger partial charge in [0.1, 0.15) is 0 Å². The number of guanidine groups is 1. The van der Waals surface area contributed by atoms with Crippen molar-refractivity contribution < 1.29 is 9.53 Å².